The van der Waals surface area contributed by atoms with Gasteiger partial charge in [0, 0.05) is 5.39 Å². The highest BCUT2D eigenvalue weighted by atomic mass is 35.5. The van der Waals surface area contributed by atoms with Crippen molar-refractivity contribution in [1.29, 1.82) is 0 Å². The first kappa shape index (κ1) is 9.20. The van der Waals surface area contributed by atoms with Crippen LogP contribution in [0.4, 0.5) is 0 Å². The van der Waals surface area contributed by atoms with Gasteiger partial charge in [-0.2, -0.15) is 0 Å². The molecule has 0 fully saturated rings. The van der Waals surface area contributed by atoms with Crippen LogP contribution in [-0.4, -0.2) is 0 Å². The third-order valence-corrected chi connectivity index (χ3v) is 4.24. The van der Waals surface area contributed by atoms with E-state index in [-0.39, 0.29) is 24.2 Å². The van der Waals surface area contributed by atoms with Crippen LogP contribution in [0.3, 0.4) is 0 Å². The summed E-state index contributed by atoms with van der Waals surface area (Å²) in [6.07, 6.45) is 0. The highest BCUT2D eigenvalue weighted by Crippen LogP contribution is 2.38. The summed E-state index contributed by atoms with van der Waals surface area (Å²) in [6, 6.07) is 7.32. The van der Waals surface area contributed by atoms with Gasteiger partial charge in [0.1, 0.15) is 0 Å². The van der Waals surface area contributed by atoms with Gasteiger partial charge < -0.3 is 0 Å². The smallest absolute Gasteiger partial charge is 0.0630 e. The van der Waals surface area contributed by atoms with Crippen molar-refractivity contribution in [3.63, 3.8) is 0 Å². The minimum Gasteiger partial charge on any atom is -0.0834 e. The Morgan fingerprint density at radius 1 is 0.850 bits per heavy atom. The van der Waals surface area contributed by atoms with Crippen molar-refractivity contribution in [3.05, 3.63) is 70.1 Å². The third-order valence-electron chi connectivity index (χ3n) is 3.76. The summed E-state index contributed by atoms with van der Waals surface area (Å²) in [5, 5.41) is 1.27. The van der Waals surface area contributed by atoms with Crippen molar-refractivity contribution in [3.8, 4) is 11.1 Å². The van der Waals surface area contributed by atoms with Gasteiger partial charge in [0.05, 0.1) is 10.5 Å². The molecular formula is C19H17Cl. The lowest BCUT2D eigenvalue weighted by Crippen LogP contribution is -1.92. The van der Waals surface area contributed by atoms with Gasteiger partial charge in [0.2, 0.25) is 0 Å². The van der Waals surface area contributed by atoms with Crippen LogP contribution in [0, 0.1) is 20.8 Å². The van der Waals surface area contributed by atoms with Gasteiger partial charge in [0.25, 0.3) is 0 Å². The maximum absolute atomic E-state index is 8.37. The van der Waals surface area contributed by atoms with E-state index in [1.54, 1.807) is 0 Å². The number of hydrogen-bond donors (Lipinski definition) is 0. The molecule has 3 rings (SSSR count). The molecule has 0 heterocycles. The molecule has 100 valence electrons. The van der Waals surface area contributed by atoms with E-state index in [9.17, 15) is 0 Å². The molecule has 3 aromatic rings. The van der Waals surface area contributed by atoms with Gasteiger partial charge in [-0.1, -0.05) is 65.6 Å². The second-order valence-corrected chi connectivity index (χ2v) is 5.43. The van der Waals surface area contributed by atoms with Crippen LogP contribution >= 0.6 is 11.6 Å². The fourth-order valence-electron chi connectivity index (χ4n) is 2.47. The SMILES string of the molecule is [2H]c1c([2H])c([2H])c2c(-c3ccc(C)cc3)c(C)c(C)c(Cl)c2c1[2H]. The second kappa shape index (κ2) is 4.96. The molecule has 0 amide bonds. The highest BCUT2D eigenvalue weighted by molar-refractivity contribution is 6.37. The lowest BCUT2D eigenvalue weighted by molar-refractivity contribution is 1.36. The Balaban J connectivity index is 2.61. The fraction of sp³-hybridized carbons (Fsp3) is 0.158. The van der Waals surface area contributed by atoms with Gasteiger partial charge >= 0.3 is 0 Å². The molecule has 20 heavy (non-hydrogen) atoms. The number of rotatable bonds is 1. The molecule has 0 unspecified atom stereocenters. The number of halogens is 1. The Bertz CT molecular complexity index is 968. The van der Waals surface area contributed by atoms with Gasteiger partial charge in [-0.05, 0) is 48.4 Å². The van der Waals surface area contributed by atoms with Crippen molar-refractivity contribution < 1.29 is 5.48 Å². The molecule has 0 aromatic heterocycles. The highest BCUT2D eigenvalue weighted by Gasteiger charge is 2.13. The van der Waals surface area contributed by atoms with Crippen molar-refractivity contribution in [2.45, 2.75) is 20.8 Å². The summed E-state index contributed by atoms with van der Waals surface area (Å²) in [5.74, 6) is 0. The lowest BCUT2D eigenvalue weighted by atomic mass is 9.90. The second-order valence-electron chi connectivity index (χ2n) is 5.06. The van der Waals surface area contributed by atoms with Crippen molar-refractivity contribution >= 4 is 22.4 Å². The zero-order chi connectivity index (χ0) is 17.8. The van der Waals surface area contributed by atoms with E-state index in [4.69, 9.17) is 17.1 Å². The first-order valence-corrected chi connectivity index (χ1v) is 6.89. The molecule has 0 bridgehead atoms. The van der Waals surface area contributed by atoms with E-state index in [1.165, 1.54) is 0 Å². The predicted molar refractivity (Wildman–Crippen MR) is 88.6 cm³/mol. The van der Waals surface area contributed by atoms with Gasteiger partial charge in [0.15, 0.2) is 0 Å². The molecule has 0 N–H and O–H groups in total. The topological polar surface area (TPSA) is 0 Å². The van der Waals surface area contributed by atoms with Crippen LogP contribution < -0.4 is 0 Å². The van der Waals surface area contributed by atoms with E-state index in [0.29, 0.717) is 15.8 Å². The van der Waals surface area contributed by atoms with Crippen molar-refractivity contribution in [1.82, 2.24) is 0 Å². The van der Waals surface area contributed by atoms with Crippen LogP contribution in [0.15, 0.2) is 48.4 Å². The monoisotopic (exact) mass is 284 g/mol. The molecular weight excluding hydrogens is 264 g/mol. The van der Waals surface area contributed by atoms with Gasteiger partial charge in [-0.25, -0.2) is 0 Å². The quantitative estimate of drug-likeness (QED) is 0.507. The maximum atomic E-state index is 8.37. The number of benzene rings is 3. The molecule has 0 spiro atoms. The molecule has 0 aliphatic heterocycles. The zero-order valence-corrected chi connectivity index (χ0v) is 12.4. The summed E-state index contributed by atoms with van der Waals surface area (Å²) >= 11 is 6.47. The molecule has 0 saturated heterocycles. The molecule has 0 radical (unpaired) electrons. The fourth-order valence-corrected chi connectivity index (χ4v) is 2.76. The minimum absolute atomic E-state index is 0.0495. The van der Waals surface area contributed by atoms with Crippen LogP contribution in [0.25, 0.3) is 21.9 Å². The van der Waals surface area contributed by atoms with Crippen molar-refractivity contribution in [2.24, 2.45) is 0 Å². The molecule has 1 heteroatoms. The molecule has 0 aliphatic carbocycles. The molecule has 0 saturated carbocycles. The largest absolute Gasteiger partial charge is 0.0834 e. The van der Waals surface area contributed by atoms with Crippen LogP contribution in [0.2, 0.25) is 5.02 Å². The molecule has 0 atom stereocenters. The molecule has 0 aliphatic rings. The number of aryl methyl sites for hydroxylation is 1. The average Bonchev–Trinajstić information content (AvgIpc) is 2.57. The summed E-state index contributed by atoms with van der Waals surface area (Å²) in [6.45, 7) is 5.83. The molecule has 0 nitrogen and oxygen atoms in total. The summed E-state index contributed by atoms with van der Waals surface area (Å²) in [4.78, 5) is 0. The zero-order valence-electron chi connectivity index (χ0n) is 15.7. The normalized spacial score (nSPS) is 13.8. The average molecular weight is 285 g/mol. The van der Waals surface area contributed by atoms with Crippen molar-refractivity contribution in [2.75, 3.05) is 0 Å². The third kappa shape index (κ3) is 2.01. The lowest BCUT2D eigenvalue weighted by Gasteiger charge is -2.16. The van der Waals surface area contributed by atoms with E-state index >= 15 is 0 Å². The van der Waals surface area contributed by atoms with Gasteiger partial charge in [-0.15, -0.1) is 0 Å². The first-order valence-electron chi connectivity index (χ1n) is 8.51. The van der Waals surface area contributed by atoms with E-state index in [1.807, 2.05) is 45.0 Å². The Morgan fingerprint density at radius 3 is 2.10 bits per heavy atom. The minimum atomic E-state index is -0.257. The summed E-state index contributed by atoms with van der Waals surface area (Å²) in [5.41, 5.74) is 4.64. The van der Waals surface area contributed by atoms with Gasteiger partial charge in [-0.3, -0.25) is 0 Å². The number of fused-ring (bicyclic) bond motifs is 1. The summed E-state index contributed by atoms with van der Waals surface area (Å²) in [7, 11) is 0. The predicted octanol–water partition coefficient (Wildman–Crippen LogP) is 6.09. The van der Waals surface area contributed by atoms with Crippen LogP contribution in [0.1, 0.15) is 22.2 Å². The van der Waals surface area contributed by atoms with Crippen LogP contribution in [0.5, 0.6) is 0 Å². The Kier molecular flexibility index (Phi) is 2.28. The number of hydrogen-bond acceptors (Lipinski definition) is 0. The molecule has 3 aromatic carbocycles. The Hall–Kier alpha value is -1.79. The van der Waals surface area contributed by atoms with Crippen LogP contribution in [-0.2, 0) is 0 Å². The summed E-state index contributed by atoms with van der Waals surface area (Å²) < 4.78 is 32.6. The van der Waals surface area contributed by atoms with E-state index < -0.39 is 0 Å². The van der Waals surface area contributed by atoms with E-state index in [0.717, 1.165) is 27.8 Å². The standard InChI is InChI=1S/C19H17Cl/c1-12-8-10-15(11-9-12)18-13(2)14(3)19(20)17-7-5-4-6-16(17)18/h4-11H,1-3H3/i4D,5D,6D,7D. The Labute approximate surface area is 130 Å². The Morgan fingerprint density at radius 2 is 1.45 bits per heavy atom. The van der Waals surface area contributed by atoms with E-state index in [2.05, 4.69) is 0 Å². The first-order chi connectivity index (χ1) is 11.3. The maximum Gasteiger partial charge on any atom is 0.0630 e.